The van der Waals surface area contributed by atoms with E-state index in [1.807, 2.05) is 4.90 Å². The van der Waals surface area contributed by atoms with E-state index >= 15 is 0 Å². The van der Waals surface area contributed by atoms with E-state index in [9.17, 15) is 4.79 Å². The first-order chi connectivity index (χ1) is 9.24. The van der Waals surface area contributed by atoms with E-state index in [-0.39, 0.29) is 12.5 Å². The van der Waals surface area contributed by atoms with Crippen LogP contribution in [0.4, 0.5) is 5.69 Å². The Kier molecular flexibility index (Phi) is 4.80. The minimum absolute atomic E-state index is 0.0866. The lowest BCUT2D eigenvalue weighted by Gasteiger charge is -2.36. The van der Waals surface area contributed by atoms with Gasteiger partial charge in [0, 0.05) is 39.0 Å². The van der Waals surface area contributed by atoms with Crippen LogP contribution in [-0.2, 0) is 16.0 Å². The first-order valence-electron chi connectivity index (χ1n) is 6.85. The van der Waals surface area contributed by atoms with Gasteiger partial charge in [-0.05, 0) is 24.1 Å². The van der Waals surface area contributed by atoms with Gasteiger partial charge < -0.3 is 14.5 Å². The molecule has 1 aromatic rings. The predicted molar refractivity (Wildman–Crippen MR) is 76.5 cm³/mol. The Hall–Kier alpha value is -1.55. The third-order valence-corrected chi connectivity index (χ3v) is 3.61. The number of hydrogen-bond donors (Lipinski definition) is 0. The van der Waals surface area contributed by atoms with Gasteiger partial charge in [-0.1, -0.05) is 19.1 Å². The third-order valence-electron chi connectivity index (χ3n) is 3.61. The summed E-state index contributed by atoms with van der Waals surface area (Å²) in [6.07, 6.45) is 1.07. The number of rotatable bonds is 4. The van der Waals surface area contributed by atoms with Gasteiger partial charge in [-0.3, -0.25) is 4.79 Å². The monoisotopic (exact) mass is 262 g/mol. The summed E-state index contributed by atoms with van der Waals surface area (Å²) in [6.45, 7) is 5.68. The highest BCUT2D eigenvalue weighted by atomic mass is 16.5. The number of anilines is 1. The SMILES string of the molecule is CCc1ccc(N2CCN(C(=O)COC)CC2)cc1. The Bertz CT molecular complexity index is 409. The largest absolute Gasteiger partial charge is 0.375 e. The van der Waals surface area contributed by atoms with Crippen molar-refractivity contribution in [2.24, 2.45) is 0 Å². The molecule has 0 saturated carbocycles. The van der Waals surface area contributed by atoms with Crippen LogP contribution in [0.1, 0.15) is 12.5 Å². The lowest BCUT2D eigenvalue weighted by molar-refractivity contribution is -0.135. The molecule has 0 aliphatic carbocycles. The lowest BCUT2D eigenvalue weighted by Crippen LogP contribution is -2.49. The number of nitrogens with zero attached hydrogens (tertiary/aromatic N) is 2. The fourth-order valence-electron chi connectivity index (χ4n) is 2.37. The van der Waals surface area contributed by atoms with Gasteiger partial charge >= 0.3 is 0 Å². The summed E-state index contributed by atoms with van der Waals surface area (Å²) >= 11 is 0. The zero-order valence-electron chi connectivity index (χ0n) is 11.8. The molecule has 0 bridgehead atoms. The van der Waals surface area contributed by atoms with Crippen molar-refractivity contribution >= 4 is 11.6 Å². The number of piperazine rings is 1. The van der Waals surface area contributed by atoms with E-state index in [2.05, 4.69) is 36.1 Å². The molecule has 0 spiro atoms. The van der Waals surface area contributed by atoms with Gasteiger partial charge in [0.25, 0.3) is 0 Å². The number of methoxy groups -OCH3 is 1. The number of amides is 1. The van der Waals surface area contributed by atoms with Gasteiger partial charge in [0.15, 0.2) is 0 Å². The Morgan fingerprint density at radius 1 is 1.16 bits per heavy atom. The second-order valence-electron chi connectivity index (χ2n) is 4.82. The van der Waals surface area contributed by atoms with Crippen molar-refractivity contribution in [1.82, 2.24) is 4.90 Å². The van der Waals surface area contributed by atoms with Gasteiger partial charge in [0.2, 0.25) is 5.91 Å². The molecule has 0 N–H and O–H groups in total. The number of benzene rings is 1. The highest BCUT2D eigenvalue weighted by Crippen LogP contribution is 2.17. The molecule has 2 rings (SSSR count). The Balaban J connectivity index is 1.90. The normalized spacial score (nSPS) is 15.7. The maximum Gasteiger partial charge on any atom is 0.248 e. The molecule has 0 atom stereocenters. The number of carbonyl (C=O) groups is 1. The van der Waals surface area contributed by atoms with Gasteiger partial charge in [-0.2, -0.15) is 0 Å². The molecule has 1 aliphatic heterocycles. The molecule has 19 heavy (non-hydrogen) atoms. The molecule has 4 nitrogen and oxygen atoms in total. The minimum Gasteiger partial charge on any atom is -0.375 e. The maximum atomic E-state index is 11.7. The van der Waals surface area contributed by atoms with Crippen molar-refractivity contribution in [2.45, 2.75) is 13.3 Å². The van der Waals surface area contributed by atoms with Crippen LogP contribution in [0.25, 0.3) is 0 Å². The van der Waals surface area contributed by atoms with E-state index in [4.69, 9.17) is 4.74 Å². The van der Waals surface area contributed by atoms with Crippen LogP contribution in [0, 0.1) is 0 Å². The highest BCUT2D eigenvalue weighted by molar-refractivity contribution is 5.77. The first kappa shape index (κ1) is 13.9. The third kappa shape index (κ3) is 3.47. The molecule has 1 saturated heterocycles. The Morgan fingerprint density at radius 2 is 1.79 bits per heavy atom. The zero-order chi connectivity index (χ0) is 13.7. The molecular weight excluding hydrogens is 240 g/mol. The average molecular weight is 262 g/mol. The second kappa shape index (κ2) is 6.57. The molecule has 104 valence electrons. The second-order valence-corrected chi connectivity index (χ2v) is 4.82. The van der Waals surface area contributed by atoms with E-state index in [1.165, 1.54) is 11.3 Å². The summed E-state index contributed by atoms with van der Waals surface area (Å²) in [5.41, 5.74) is 2.61. The maximum absolute atomic E-state index is 11.7. The van der Waals surface area contributed by atoms with Crippen molar-refractivity contribution in [2.75, 3.05) is 44.8 Å². The van der Waals surface area contributed by atoms with Crippen molar-refractivity contribution in [1.29, 1.82) is 0 Å². The van der Waals surface area contributed by atoms with Gasteiger partial charge in [-0.15, -0.1) is 0 Å². The van der Waals surface area contributed by atoms with Crippen LogP contribution >= 0.6 is 0 Å². The van der Waals surface area contributed by atoms with E-state index in [0.717, 1.165) is 32.6 Å². The molecular formula is C15H22N2O2. The summed E-state index contributed by atoms with van der Waals surface area (Å²) in [7, 11) is 1.56. The standard InChI is InChI=1S/C15H22N2O2/c1-3-13-4-6-14(7-5-13)16-8-10-17(11-9-16)15(18)12-19-2/h4-7H,3,8-12H2,1-2H3. The van der Waals surface area contributed by atoms with Crippen molar-refractivity contribution in [3.8, 4) is 0 Å². The minimum atomic E-state index is 0.0866. The number of carbonyl (C=O) groups excluding carboxylic acids is 1. The molecule has 0 radical (unpaired) electrons. The lowest BCUT2D eigenvalue weighted by atomic mass is 10.1. The average Bonchev–Trinajstić information content (AvgIpc) is 2.48. The Labute approximate surface area is 115 Å². The summed E-state index contributed by atoms with van der Waals surface area (Å²) in [6, 6.07) is 8.70. The van der Waals surface area contributed by atoms with Gasteiger partial charge in [0.05, 0.1) is 0 Å². The smallest absolute Gasteiger partial charge is 0.248 e. The van der Waals surface area contributed by atoms with Gasteiger partial charge in [0.1, 0.15) is 6.61 Å². The molecule has 0 unspecified atom stereocenters. The van der Waals surface area contributed by atoms with Crippen molar-refractivity contribution in [3.63, 3.8) is 0 Å². The number of aryl methyl sites for hydroxylation is 1. The summed E-state index contributed by atoms with van der Waals surface area (Å²) < 4.78 is 4.89. The van der Waals surface area contributed by atoms with E-state index < -0.39 is 0 Å². The number of hydrogen-bond acceptors (Lipinski definition) is 3. The Morgan fingerprint density at radius 3 is 2.32 bits per heavy atom. The first-order valence-corrected chi connectivity index (χ1v) is 6.85. The van der Waals surface area contributed by atoms with Crippen LogP contribution in [0.2, 0.25) is 0 Å². The molecule has 4 heteroatoms. The quantitative estimate of drug-likeness (QED) is 0.825. The van der Waals surface area contributed by atoms with E-state index in [1.54, 1.807) is 7.11 Å². The van der Waals surface area contributed by atoms with Crippen LogP contribution < -0.4 is 4.90 Å². The number of ether oxygens (including phenoxy) is 1. The fourth-order valence-corrected chi connectivity index (χ4v) is 2.37. The molecule has 1 amide bonds. The molecule has 1 aromatic carbocycles. The highest BCUT2D eigenvalue weighted by Gasteiger charge is 2.20. The molecule has 1 heterocycles. The zero-order valence-corrected chi connectivity index (χ0v) is 11.8. The molecule has 1 fully saturated rings. The summed E-state index contributed by atoms with van der Waals surface area (Å²) in [5.74, 6) is 0.0866. The van der Waals surface area contributed by atoms with Crippen LogP contribution in [0.15, 0.2) is 24.3 Å². The molecule has 0 aromatic heterocycles. The van der Waals surface area contributed by atoms with Crippen molar-refractivity contribution < 1.29 is 9.53 Å². The van der Waals surface area contributed by atoms with E-state index in [0.29, 0.717) is 0 Å². The van der Waals surface area contributed by atoms with Crippen LogP contribution in [-0.4, -0.2) is 50.7 Å². The van der Waals surface area contributed by atoms with Crippen LogP contribution in [0.5, 0.6) is 0 Å². The summed E-state index contributed by atoms with van der Waals surface area (Å²) in [5, 5.41) is 0. The summed E-state index contributed by atoms with van der Waals surface area (Å²) in [4.78, 5) is 15.9. The topological polar surface area (TPSA) is 32.8 Å². The van der Waals surface area contributed by atoms with Gasteiger partial charge in [-0.25, -0.2) is 0 Å². The molecule has 1 aliphatic rings. The van der Waals surface area contributed by atoms with Crippen molar-refractivity contribution in [3.05, 3.63) is 29.8 Å². The fraction of sp³-hybridized carbons (Fsp3) is 0.533. The van der Waals surface area contributed by atoms with Crippen LogP contribution in [0.3, 0.4) is 0 Å². The predicted octanol–water partition coefficient (Wildman–Crippen LogP) is 1.54.